The van der Waals surface area contributed by atoms with E-state index in [4.69, 9.17) is 14.0 Å². The molecule has 1 fully saturated rings. The summed E-state index contributed by atoms with van der Waals surface area (Å²) in [6.07, 6.45) is 4.58. The molecular formula is C25H35N8O8P. The van der Waals surface area contributed by atoms with Crippen LogP contribution in [0.25, 0.3) is 17.2 Å². The van der Waals surface area contributed by atoms with Crippen molar-refractivity contribution in [3.8, 4) is 0 Å². The van der Waals surface area contributed by atoms with Crippen molar-refractivity contribution in [2.45, 2.75) is 64.3 Å². The normalized spacial score (nSPS) is 20.5. The number of anilines is 1. The predicted octanol–water partition coefficient (Wildman–Crippen LogP) is 1.14. The summed E-state index contributed by atoms with van der Waals surface area (Å²) in [4.78, 5) is 64.9. The molecular weight excluding hydrogens is 571 g/mol. The fourth-order valence-electron chi connectivity index (χ4n) is 4.17. The van der Waals surface area contributed by atoms with Crippen LogP contribution in [0.15, 0.2) is 34.5 Å². The number of fused-ring (bicyclic) bond motifs is 1. The number of carbonyl (C=O) groups is 1. The molecule has 4 atom stereocenters. The highest BCUT2D eigenvalue weighted by molar-refractivity contribution is 7.53. The van der Waals surface area contributed by atoms with Crippen molar-refractivity contribution in [1.29, 1.82) is 0 Å². The summed E-state index contributed by atoms with van der Waals surface area (Å²) in [7, 11) is -3.86. The lowest BCUT2D eigenvalue weighted by Gasteiger charge is -2.23. The van der Waals surface area contributed by atoms with Gasteiger partial charge in [0.25, 0.3) is 5.56 Å². The highest BCUT2D eigenvalue weighted by atomic mass is 31.2. The maximum atomic E-state index is 12.7. The molecule has 3 aromatic heterocycles. The second-order valence-electron chi connectivity index (χ2n) is 10.2. The van der Waals surface area contributed by atoms with Crippen molar-refractivity contribution in [3.05, 3.63) is 51.3 Å². The summed E-state index contributed by atoms with van der Waals surface area (Å²) in [5.41, 5.74) is -0.781. The van der Waals surface area contributed by atoms with E-state index in [0.29, 0.717) is 23.5 Å². The van der Waals surface area contributed by atoms with E-state index in [-0.39, 0.29) is 31.2 Å². The standard InChI is InChI=1S/C25H35N8O8P/c1-14(2)40-17-9-20(41-18(17)11-39-42(37,38)15(3)4)33-10-16(24(35)32-25(33)36)5-6-19(34)26-7-8-27-22-21-23(29-12-28-21)31-13-30-22/h5-6,10,12-15,17-18,20H,7-9,11H2,1-4H3,(H,26,34)(H,37,38)(H,32,35,36)(H2,27,28,29,30,31)/b6-5+/t17?,18-,20-/m1/s1. The molecule has 16 nitrogen and oxygen atoms in total. The number of carbonyl (C=O) groups excluding carboxylic acids is 1. The molecule has 1 aliphatic rings. The zero-order valence-corrected chi connectivity index (χ0v) is 24.5. The van der Waals surface area contributed by atoms with E-state index in [1.807, 2.05) is 13.8 Å². The van der Waals surface area contributed by atoms with Gasteiger partial charge in [0, 0.05) is 31.8 Å². The van der Waals surface area contributed by atoms with Gasteiger partial charge in [0.05, 0.1) is 36.4 Å². The number of aromatic amines is 2. The maximum absolute atomic E-state index is 12.7. The Kier molecular flexibility index (Phi) is 10.1. The van der Waals surface area contributed by atoms with E-state index in [0.717, 1.165) is 0 Å². The van der Waals surface area contributed by atoms with Gasteiger partial charge in [-0.3, -0.25) is 23.7 Å². The van der Waals surface area contributed by atoms with E-state index < -0.39 is 48.8 Å². The van der Waals surface area contributed by atoms with Crippen LogP contribution in [0.5, 0.6) is 0 Å². The van der Waals surface area contributed by atoms with Crippen LogP contribution in [0.1, 0.15) is 45.9 Å². The summed E-state index contributed by atoms with van der Waals surface area (Å²) in [6.45, 7) is 7.22. The smallest absolute Gasteiger partial charge is 0.330 e. The van der Waals surface area contributed by atoms with Crippen molar-refractivity contribution in [2.24, 2.45) is 0 Å². The quantitative estimate of drug-likeness (QED) is 0.105. The number of rotatable bonds is 13. The number of hydrogen-bond donors (Lipinski definition) is 5. The highest BCUT2D eigenvalue weighted by Crippen LogP contribution is 2.48. The van der Waals surface area contributed by atoms with Gasteiger partial charge in [-0.05, 0) is 19.9 Å². The molecule has 0 aromatic carbocycles. The first-order valence-electron chi connectivity index (χ1n) is 13.4. The first-order valence-corrected chi connectivity index (χ1v) is 15.1. The molecule has 1 amide bonds. The zero-order valence-electron chi connectivity index (χ0n) is 23.6. The van der Waals surface area contributed by atoms with E-state index in [1.165, 1.54) is 35.6 Å². The molecule has 2 unspecified atom stereocenters. The van der Waals surface area contributed by atoms with Gasteiger partial charge in [0.2, 0.25) is 5.91 Å². The Bertz CT molecular complexity index is 1580. The van der Waals surface area contributed by atoms with Crippen molar-refractivity contribution < 1.29 is 28.3 Å². The van der Waals surface area contributed by atoms with Crippen LogP contribution >= 0.6 is 7.60 Å². The van der Waals surface area contributed by atoms with Crippen LogP contribution in [0.4, 0.5) is 5.82 Å². The maximum Gasteiger partial charge on any atom is 0.330 e. The Morgan fingerprint density at radius 2 is 2.05 bits per heavy atom. The van der Waals surface area contributed by atoms with Crippen LogP contribution in [0.2, 0.25) is 0 Å². The number of amides is 1. The third-order valence-electron chi connectivity index (χ3n) is 6.36. The SMILES string of the molecule is CC(C)OC1C[C@H](n2cc(/C=C/C(=O)NCCNc3ncnc4nc[nH]c34)c(=O)[nH]c2=O)O[C@@H]1COP(=O)(O)C(C)C. The first-order chi connectivity index (χ1) is 19.9. The highest BCUT2D eigenvalue weighted by Gasteiger charge is 2.40. The van der Waals surface area contributed by atoms with Gasteiger partial charge in [-0.25, -0.2) is 19.7 Å². The fraction of sp³-hybridized carbons (Fsp3) is 0.520. The lowest BCUT2D eigenvalue weighted by Crippen LogP contribution is -2.33. The minimum Gasteiger partial charge on any atom is -0.373 e. The summed E-state index contributed by atoms with van der Waals surface area (Å²) in [5.74, 6) is 0.0898. The number of imidazole rings is 1. The summed E-state index contributed by atoms with van der Waals surface area (Å²) >= 11 is 0. The van der Waals surface area contributed by atoms with Gasteiger partial charge < -0.3 is 34.5 Å². The largest absolute Gasteiger partial charge is 0.373 e. The predicted molar refractivity (Wildman–Crippen MR) is 153 cm³/mol. The number of nitrogens with zero attached hydrogens (tertiary/aromatic N) is 4. The first kappa shape index (κ1) is 31.3. The van der Waals surface area contributed by atoms with Gasteiger partial charge in [-0.1, -0.05) is 13.8 Å². The number of H-pyrrole nitrogens is 2. The number of hydrogen-bond acceptors (Lipinski definition) is 11. The Morgan fingerprint density at radius 3 is 2.79 bits per heavy atom. The van der Waals surface area contributed by atoms with E-state index in [9.17, 15) is 23.8 Å². The summed E-state index contributed by atoms with van der Waals surface area (Å²) < 4.78 is 30.7. The lowest BCUT2D eigenvalue weighted by atomic mass is 10.2. The zero-order chi connectivity index (χ0) is 30.4. The van der Waals surface area contributed by atoms with Gasteiger partial charge >= 0.3 is 13.3 Å². The number of aromatic nitrogens is 6. The van der Waals surface area contributed by atoms with Crippen LogP contribution in [0, 0.1) is 0 Å². The van der Waals surface area contributed by atoms with Crippen molar-refractivity contribution >= 4 is 36.6 Å². The molecule has 0 radical (unpaired) electrons. The number of ether oxygens (including phenoxy) is 2. The van der Waals surface area contributed by atoms with Crippen molar-refractivity contribution in [3.63, 3.8) is 0 Å². The molecule has 3 aromatic rings. The molecule has 1 saturated heterocycles. The molecule has 0 saturated carbocycles. The molecule has 1 aliphatic heterocycles. The lowest BCUT2D eigenvalue weighted by molar-refractivity contribution is -0.116. The van der Waals surface area contributed by atoms with E-state index >= 15 is 0 Å². The molecule has 228 valence electrons. The third-order valence-corrected chi connectivity index (χ3v) is 8.19. The van der Waals surface area contributed by atoms with Gasteiger partial charge in [0.1, 0.15) is 24.2 Å². The summed E-state index contributed by atoms with van der Waals surface area (Å²) in [6, 6.07) is 0. The Morgan fingerprint density at radius 1 is 1.26 bits per heavy atom. The number of nitrogens with one attached hydrogen (secondary N) is 4. The molecule has 5 N–H and O–H groups in total. The van der Waals surface area contributed by atoms with Gasteiger partial charge in [-0.2, -0.15) is 0 Å². The minimum absolute atomic E-state index is 0.0507. The second-order valence-corrected chi connectivity index (χ2v) is 12.6. The Balaban J connectivity index is 1.38. The van der Waals surface area contributed by atoms with E-state index in [2.05, 4.69) is 35.6 Å². The molecule has 0 spiro atoms. The molecule has 17 heteroatoms. The molecule has 4 heterocycles. The van der Waals surface area contributed by atoms with Gasteiger partial charge in [-0.15, -0.1) is 0 Å². The Hall–Kier alpha value is -3.69. The van der Waals surface area contributed by atoms with Gasteiger partial charge in [0.15, 0.2) is 11.5 Å². The van der Waals surface area contributed by atoms with Crippen LogP contribution in [-0.2, 0) is 23.4 Å². The monoisotopic (exact) mass is 606 g/mol. The van der Waals surface area contributed by atoms with Crippen LogP contribution < -0.4 is 21.9 Å². The molecule has 42 heavy (non-hydrogen) atoms. The third kappa shape index (κ3) is 7.77. The van der Waals surface area contributed by atoms with Crippen molar-refractivity contribution in [2.75, 3.05) is 25.0 Å². The fourth-order valence-corrected chi connectivity index (χ4v) is 4.83. The van der Waals surface area contributed by atoms with Crippen molar-refractivity contribution in [1.82, 2.24) is 34.8 Å². The van der Waals surface area contributed by atoms with Crippen LogP contribution in [-0.4, -0.2) is 84.0 Å². The molecule has 4 rings (SSSR count). The molecule has 0 bridgehead atoms. The minimum atomic E-state index is -3.86. The summed E-state index contributed by atoms with van der Waals surface area (Å²) in [5, 5.41) is 5.77. The Labute approximate surface area is 240 Å². The molecule has 0 aliphatic carbocycles. The van der Waals surface area contributed by atoms with E-state index in [1.54, 1.807) is 13.8 Å². The average Bonchev–Trinajstić information content (AvgIpc) is 3.56. The van der Waals surface area contributed by atoms with Crippen LogP contribution in [0.3, 0.4) is 0 Å². The topological polar surface area (TPSA) is 215 Å². The second kappa shape index (κ2) is 13.5. The average molecular weight is 607 g/mol.